The van der Waals surface area contributed by atoms with Crippen LogP contribution in [0.2, 0.25) is 5.02 Å². The van der Waals surface area contributed by atoms with E-state index in [4.69, 9.17) is 16.8 Å². The maximum absolute atomic E-state index is 11.6. The zero-order chi connectivity index (χ0) is 15.9. The minimum absolute atomic E-state index is 0.265. The number of amides is 1. The molecule has 0 atom stereocenters. The predicted octanol–water partition coefficient (Wildman–Crippen LogP) is 2.48. The number of carbonyl (C=O) groups excluding carboxylic acids is 1. The standard InChI is InChI=1S/C15H14ClN3O3/c16-11-6-7-13(18-14(20)9-17-21)12(8-11)15(19-22)10-4-2-1-3-5-10/h1-8,17,21-22H,9H2,(H,18,20)/b19-15+. The molecule has 0 unspecified atom stereocenters. The van der Waals surface area contributed by atoms with Gasteiger partial charge < -0.3 is 15.7 Å². The van der Waals surface area contributed by atoms with Crippen LogP contribution in [0.25, 0.3) is 0 Å². The number of hydroxylamine groups is 1. The van der Waals surface area contributed by atoms with Crippen LogP contribution < -0.4 is 10.8 Å². The molecule has 0 aromatic heterocycles. The van der Waals surface area contributed by atoms with E-state index in [1.165, 1.54) is 0 Å². The van der Waals surface area contributed by atoms with Gasteiger partial charge in [0.1, 0.15) is 12.3 Å². The Balaban J connectivity index is 2.44. The largest absolute Gasteiger partial charge is 0.410 e. The Bertz CT molecular complexity index is 690. The van der Waals surface area contributed by atoms with Crippen molar-refractivity contribution >= 4 is 28.9 Å². The molecular formula is C15H14ClN3O3. The molecule has 0 fully saturated rings. The normalized spacial score (nSPS) is 11.3. The maximum atomic E-state index is 11.6. The lowest BCUT2D eigenvalue weighted by molar-refractivity contribution is -0.116. The number of nitrogens with zero attached hydrogens (tertiary/aromatic N) is 1. The number of nitrogens with one attached hydrogen (secondary N) is 2. The average molecular weight is 320 g/mol. The molecule has 0 bridgehead atoms. The Morgan fingerprint density at radius 2 is 1.91 bits per heavy atom. The number of benzene rings is 2. The van der Waals surface area contributed by atoms with Gasteiger partial charge in [-0.3, -0.25) is 4.79 Å². The van der Waals surface area contributed by atoms with Gasteiger partial charge in [-0.05, 0) is 18.2 Å². The molecule has 0 aliphatic carbocycles. The summed E-state index contributed by atoms with van der Waals surface area (Å²) in [6, 6.07) is 13.8. The topological polar surface area (TPSA) is 94.0 Å². The smallest absolute Gasteiger partial charge is 0.240 e. The number of hydrogen-bond donors (Lipinski definition) is 4. The van der Waals surface area contributed by atoms with E-state index in [9.17, 15) is 10.0 Å². The summed E-state index contributed by atoms with van der Waals surface area (Å²) < 4.78 is 0. The second kappa shape index (κ2) is 7.56. The zero-order valence-electron chi connectivity index (χ0n) is 11.5. The molecule has 0 aliphatic rings. The van der Waals surface area contributed by atoms with Crippen LogP contribution in [0.4, 0.5) is 5.69 Å². The van der Waals surface area contributed by atoms with E-state index in [-0.39, 0.29) is 12.3 Å². The van der Waals surface area contributed by atoms with Crippen LogP contribution in [0.3, 0.4) is 0 Å². The number of anilines is 1. The van der Waals surface area contributed by atoms with Crippen molar-refractivity contribution in [3.63, 3.8) is 0 Å². The first-order valence-electron chi connectivity index (χ1n) is 6.40. The molecule has 114 valence electrons. The monoisotopic (exact) mass is 319 g/mol. The number of carbonyl (C=O) groups is 1. The fraction of sp³-hybridized carbons (Fsp3) is 0.0667. The molecule has 0 aliphatic heterocycles. The number of oxime groups is 1. The van der Waals surface area contributed by atoms with E-state index in [1.54, 1.807) is 47.9 Å². The van der Waals surface area contributed by atoms with Crippen molar-refractivity contribution < 1.29 is 15.2 Å². The lowest BCUT2D eigenvalue weighted by atomic mass is 10.0. The Kier molecular flexibility index (Phi) is 5.48. The van der Waals surface area contributed by atoms with Crippen LogP contribution in [0.15, 0.2) is 53.7 Å². The first kappa shape index (κ1) is 16.0. The second-order valence-electron chi connectivity index (χ2n) is 4.39. The summed E-state index contributed by atoms with van der Waals surface area (Å²) in [6.45, 7) is -0.265. The van der Waals surface area contributed by atoms with Crippen molar-refractivity contribution in [1.82, 2.24) is 5.48 Å². The summed E-state index contributed by atoms with van der Waals surface area (Å²) in [4.78, 5) is 11.6. The van der Waals surface area contributed by atoms with E-state index >= 15 is 0 Å². The Morgan fingerprint density at radius 3 is 2.55 bits per heavy atom. The third-order valence-corrected chi connectivity index (χ3v) is 3.13. The third-order valence-electron chi connectivity index (χ3n) is 2.90. The second-order valence-corrected chi connectivity index (χ2v) is 4.82. The van der Waals surface area contributed by atoms with Crippen LogP contribution in [0.1, 0.15) is 11.1 Å². The van der Waals surface area contributed by atoms with Crippen LogP contribution >= 0.6 is 11.6 Å². The fourth-order valence-electron chi connectivity index (χ4n) is 1.95. The highest BCUT2D eigenvalue weighted by molar-refractivity contribution is 6.31. The third kappa shape index (κ3) is 3.82. The molecule has 0 saturated carbocycles. The molecule has 2 rings (SSSR count). The highest BCUT2D eigenvalue weighted by atomic mass is 35.5. The molecule has 22 heavy (non-hydrogen) atoms. The van der Waals surface area contributed by atoms with Gasteiger partial charge in [-0.1, -0.05) is 47.1 Å². The van der Waals surface area contributed by atoms with Crippen molar-refractivity contribution in [3.05, 3.63) is 64.7 Å². The van der Waals surface area contributed by atoms with Crippen LogP contribution in [0.5, 0.6) is 0 Å². The summed E-state index contributed by atoms with van der Waals surface area (Å²) in [7, 11) is 0. The van der Waals surface area contributed by atoms with Gasteiger partial charge in [0.15, 0.2) is 0 Å². The van der Waals surface area contributed by atoms with Crippen LogP contribution in [0, 0.1) is 0 Å². The fourth-order valence-corrected chi connectivity index (χ4v) is 2.12. The highest BCUT2D eigenvalue weighted by Gasteiger charge is 2.15. The summed E-state index contributed by atoms with van der Waals surface area (Å²) in [5, 5.41) is 24.3. The van der Waals surface area contributed by atoms with E-state index in [0.29, 0.717) is 21.8 Å². The van der Waals surface area contributed by atoms with Crippen LogP contribution in [-0.2, 0) is 4.79 Å². The van der Waals surface area contributed by atoms with Crippen molar-refractivity contribution in [1.29, 1.82) is 0 Å². The van der Waals surface area contributed by atoms with Crippen molar-refractivity contribution in [2.75, 3.05) is 11.9 Å². The first-order valence-corrected chi connectivity index (χ1v) is 6.77. The van der Waals surface area contributed by atoms with Gasteiger partial charge in [0, 0.05) is 16.1 Å². The predicted molar refractivity (Wildman–Crippen MR) is 83.7 cm³/mol. The van der Waals surface area contributed by atoms with Crippen molar-refractivity contribution in [2.45, 2.75) is 0 Å². The van der Waals surface area contributed by atoms with E-state index in [2.05, 4.69) is 10.5 Å². The molecule has 7 heteroatoms. The van der Waals surface area contributed by atoms with E-state index < -0.39 is 5.91 Å². The molecule has 0 radical (unpaired) electrons. The lowest BCUT2D eigenvalue weighted by Gasteiger charge is -2.13. The lowest BCUT2D eigenvalue weighted by Crippen LogP contribution is -2.26. The number of halogens is 1. The first-order chi connectivity index (χ1) is 10.7. The van der Waals surface area contributed by atoms with Gasteiger partial charge in [0.25, 0.3) is 0 Å². The Morgan fingerprint density at radius 1 is 1.18 bits per heavy atom. The van der Waals surface area contributed by atoms with Gasteiger partial charge >= 0.3 is 0 Å². The van der Waals surface area contributed by atoms with Crippen molar-refractivity contribution in [2.24, 2.45) is 5.16 Å². The maximum Gasteiger partial charge on any atom is 0.240 e. The molecule has 2 aromatic rings. The van der Waals surface area contributed by atoms with E-state index in [1.807, 2.05) is 6.07 Å². The molecule has 0 spiro atoms. The van der Waals surface area contributed by atoms with Gasteiger partial charge in [-0.2, -0.15) is 5.48 Å². The Hall–Kier alpha value is -2.41. The molecule has 4 N–H and O–H groups in total. The minimum atomic E-state index is -0.448. The molecule has 0 saturated heterocycles. The van der Waals surface area contributed by atoms with Crippen molar-refractivity contribution in [3.8, 4) is 0 Å². The number of rotatable bonds is 5. The zero-order valence-corrected chi connectivity index (χ0v) is 12.2. The molecule has 2 aromatic carbocycles. The quantitative estimate of drug-likeness (QED) is 0.387. The summed E-state index contributed by atoms with van der Waals surface area (Å²) in [5.74, 6) is -0.448. The molecule has 0 heterocycles. The number of hydrogen-bond acceptors (Lipinski definition) is 5. The van der Waals surface area contributed by atoms with Gasteiger partial charge in [0.2, 0.25) is 5.91 Å². The SMILES string of the molecule is O=C(CNO)Nc1ccc(Cl)cc1/C(=N/O)c1ccccc1. The summed E-state index contributed by atoms with van der Waals surface area (Å²) >= 11 is 6.00. The van der Waals surface area contributed by atoms with Gasteiger partial charge in [0.05, 0.1) is 5.69 Å². The average Bonchev–Trinajstić information content (AvgIpc) is 2.52. The molecule has 1 amide bonds. The highest BCUT2D eigenvalue weighted by Crippen LogP contribution is 2.24. The van der Waals surface area contributed by atoms with Gasteiger partial charge in [-0.25, -0.2) is 0 Å². The Labute approximate surface area is 132 Å². The minimum Gasteiger partial charge on any atom is -0.410 e. The summed E-state index contributed by atoms with van der Waals surface area (Å²) in [5.41, 5.74) is 3.60. The molecular weight excluding hydrogens is 306 g/mol. The van der Waals surface area contributed by atoms with E-state index in [0.717, 1.165) is 0 Å². The van der Waals surface area contributed by atoms with Crippen LogP contribution in [-0.4, -0.2) is 28.6 Å². The summed E-state index contributed by atoms with van der Waals surface area (Å²) in [6.07, 6.45) is 0. The van der Waals surface area contributed by atoms with Gasteiger partial charge in [-0.15, -0.1) is 0 Å². The molecule has 6 nitrogen and oxygen atoms in total.